The zero-order valence-electron chi connectivity index (χ0n) is 63.2. The van der Waals surface area contributed by atoms with Crippen molar-refractivity contribution in [2.45, 2.75) is 117 Å². The summed E-state index contributed by atoms with van der Waals surface area (Å²) in [4.78, 5) is 22.1. The molecule has 0 saturated heterocycles. The van der Waals surface area contributed by atoms with Crippen LogP contribution in [0.1, 0.15) is 157 Å². The van der Waals surface area contributed by atoms with Crippen LogP contribution in [0, 0.1) is 5.41 Å². The van der Waals surface area contributed by atoms with Crippen LogP contribution in [0.4, 0.5) is 11.6 Å². The van der Waals surface area contributed by atoms with Crippen LogP contribution >= 0.6 is 0 Å². The average Bonchev–Trinajstić information content (AvgIpc) is 1.65. The largest absolute Gasteiger partial charge is 1.00 e. The van der Waals surface area contributed by atoms with Crippen LogP contribution in [0.5, 0.6) is 0 Å². The minimum atomic E-state index is -0.879. The predicted molar refractivity (Wildman–Crippen MR) is 454 cm³/mol. The van der Waals surface area contributed by atoms with Gasteiger partial charge in [-0.1, -0.05) is 328 Å². The quantitative estimate of drug-likeness (QED) is 0.0291. The molecule has 0 spiro atoms. The zero-order valence-corrected chi connectivity index (χ0v) is 65.2. The van der Waals surface area contributed by atoms with Crippen molar-refractivity contribution in [3.05, 3.63) is 394 Å². The number of fused-ring (bicyclic) bond motifs is 8. The maximum Gasteiger partial charge on any atom is 1.00 e. The van der Waals surface area contributed by atoms with E-state index in [1.807, 2.05) is 110 Å². The van der Waals surface area contributed by atoms with Gasteiger partial charge in [0, 0.05) is 30.8 Å². The Hall–Kier alpha value is -10.9. The molecule has 6 aliphatic carbocycles. The number of hydrogen-bond donors (Lipinski definition) is 3. The van der Waals surface area contributed by atoms with Crippen LogP contribution in [0.3, 0.4) is 0 Å². The molecule has 0 atom stereocenters. The number of nitrogens with zero attached hydrogens (tertiary/aromatic N) is 8. The van der Waals surface area contributed by atoms with Gasteiger partial charge in [-0.2, -0.15) is 0 Å². The third-order valence-corrected chi connectivity index (χ3v) is 24.6. The monoisotopic (exact) mass is 1470 g/mol. The first-order valence-corrected chi connectivity index (χ1v) is 38.7. The van der Waals surface area contributed by atoms with Gasteiger partial charge in [-0.15, -0.1) is 10.2 Å². The second-order valence-electron chi connectivity index (χ2n) is 30.3. The maximum absolute atomic E-state index is 11.8. The SMILES string of the molecule is CNc1cc(/C(=C\C=O)c2ccccc2)c2nnn(C(c3ccccc3)(c3ccccc3)c3ccccc3)c2n1.CNc1cc(/C(=C\CCC23CCC(c4ccccc4)(CC2)CC3)c2ccccc2)c2nnn(C(c3ccccc3)(c3ccccc3)c3ccccc3)c2n1.NC12CCC(c3ccccc3)(CC1)CC2.[BH4-].[Na+]. The fraction of sp³-hybridized carbons (Fsp3) is 0.227. The molecule has 4 heterocycles. The Balaban J connectivity index is 0.000000157. The molecule has 550 valence electrons. The molecule has 111 heavy (non-hydrogen) atoms. The van der Waals surface area contributed by atoms with E-state index in [1.54, 1.807) is 17.2 Å². The van der Waals surface area contributed by atoms with Crippen LogP contribution in [-0.2, 0) is 26.7 Å². The van der Waals surface area contributed by atoms with Crippen molar-refractivity contribution in [2.24, 2.45) is 11.1 Å². The fourth-order valence-corrected chi connectivity index (χ4v) is 18.6. The molecule has 4 aromatic heterocycles. The van der Waals surface area contributed by atoms with Gasteiger partial charge in [0.1, 0.15) is 40.0 Å². The Morgan fingerprint density at radius 1 is 0.405 bits per heavy atom. The number of carbonyl (C=O) groups excluding carboxylic acids is 1. The number of nitrogens with two attached hydrogens (primary N) is 1. The van der Waals surface area contributed by atoms with E-state index < -0.39 is 11.1 Å². The van der Waals surface area contributed by atoms with Gasteiger partial charge in [-0.3, -0.25) is 4.79 Å². The van der Waals surface area contributed by atoms with Gasteiger partial charge in [0.2, 0.25) is 0 Å². The third-order valence-electron chi connectivity index (χ3n) is 24.6. The molecule has 12 nitrogen and oxygen atoms in total. The van der Waals surface area contributed by atoms with Crippen molar-refractivity contribution in [1.29, 1.82) is 0 Å². The van der Waals surface area contributed by atoms with Crippen molar-refractivity contribution in [3.8, 4) is 0 Å². The summed E-state index contributed by atoms with van der Waals surface area (Å²) in [5, 5.41) is 26.3. The normalized spacial score (nSPS) is 19.3. The summed E-state index contributed by atoms with van der Waals surface area (Å²) in [5.41, 5.74) is 24.0. The first-order valence-electron chi connectivity index (χ1n) is 38.7. The fourth-order valence-electron chi connectivity index (χ4n) is 18.6. The summed E-state index contributed by atoms with van der Waals surface area (Å²) in [7, 11) is 3.77. The van der Waals surface area contributed by atoms with Gasteiger partial charge < -0.3 is 16.4 Å². The Labute approximate surface area is 676 Å². The number of carbonyl (C=O) groups is 1. The second-order valence-corrected chi connectivity index (χ2v) is 30.3. The Kier molecular flexibility index (Phi) is 23.3. The Morgan fingerprint density at radius 3 is 1.01 bits per heavy atom. The number of benzene rings is 10. The minimum Gasteiger partial charge on any atom is -0.373 e. The summed E-state index contributed by atoms with van der Waals surface area (Å²) in [6.45, 7) is 0. The average molecular weight is 1470 g/mol. The molecular weight excluding hydrogens is 1370 g/mol. The van der Waals surface area contributed by atoms with Crippen molar-refractivity contribution in [3.63, 3.8) is 0 Å². The van der Waals surface area contributed by atoms with Crippen molar-refractivity contribution in [2.75, 3.05) is 24.7 Å². The van der Waals surface area contributed by atoms with Crippen LogP contribution in [0.2, 0.25) is 0 Å². The van der Waals surface area contributed by atoms with Gasteiger partial charge in [-0.05, 0) is 191 Å². The number of nitrogens with one attached hydrogen (secondary N) is 2. The molecule has 10 aromatic carbocycles. The number of rotatable bonds is 20. The van der Waals surface area contributed by atoms with Crippen LogP contribution in [0.15, 0.2) is 328 Å². The predicted octanol–water partition coefficient (Wildman–Crippen LogP) is 16.1. The number of allylic oxidation sites excluding steroid dienone is 2. The number of pyridine rings is 2. The Morgan fingerprint density at radius 2 is 0.694 bits per heavy atom. The van der Waals surface area contributed by atoms with Gasteiger partial charge >= 0.3 is 29.6 Å². The van der Waals surface area contributed by atoms with Crippen LogP contribution in [-0.4, -0.2) is 74.3 Å². The minimum absolute atomic E-state index is 0. The molecule has 14 heteroatoms. The van der Waals surface area contributed by atoms with Crippen molar-refractivity contribution < 1.29 is 34.4 Å². The van der Waals surface area contributed by atoms with Crippen LogP contribution in [0.25, 0.3) is 33.5 Å². The van der Waals surface area contributed by atoms with E-state index in [2.05, 4.69) is 246 Å². The van der Waals surface area contributed by atoms with E-state index in [1.165, 1.54) is 94.6 Å². The molecule has 0 radical (unpaired) electrons. The van der Waals surface area contributed by atoms with Crippen LogP contribution < -0.4 is 45.9 Å². The summed E-state index contributed by atoms with van der Waals surface area (Å²) >= 11 is 0. The third kappa shape index (κ3) is 14.8. The van der Waals surface area contributed by atoms with Crippen molar-refractivity contribution >= 4 is 59.8 Å². The molecule has 6 aliphatic rings. The Bertz CT molecular complexity index is 5220. The number of aldehydes is 1. The molecule has 20 rings (SSSR count). The number of anilines is 2. The number of hydrogen-bond acceptors (Lipinski definition) is 10. The van der Waals surface area contributed by atoms with Crippen molar-refractivity contribution in [1.82, 2.24) is 40.0 Å². The zero-order chi connectivity index (χ0) is 74.1. The molecule has 4 bridgehead atoms. The molecular formula is C97H97BN11NaO. The van der Waals surface area contributed by atoms with E-state index >= 15 is 0 Å². The van der Waals surface area contributed by atoms with E-state index in [4.69, 9.17) is 36.3 Å². The standard InChI is InChI=1S/C49H47N5.C34H27N5O.C14H19N.BH4.Na/c1-50-44-36-43(42(37-18-7-2-8-19-37)28-17-29-47-30-33-48(34-31-47,35-32-47)38-20-9-3-10-21-38)45-46(51-44)54(53-52-45)49(39-22-11-4-12-23-39,40-24-13-5-14-25-40)41-26-15-6-16-27-41;1-35-31-24-30(29(22-23-40)25-14-6-2-7-15-25)32-33(36-31)39(38-37-32)34(26-16-8-3-9-17-26,27-18-10-4-11-19-27)28-20-12-5-13-21-28;15-14-9-6-13(7-10-14,8-11-14)12-4-2-1-3-5-12;;/h2-16,18-28,36H,17,29-35H2,1H3,(H,50,51);2-24H,1H3,(H,35,36);1-5H,6-11,15H2;1H4;/q;;;-1;+1/b42-28-;29-22-;;;. The number of aromatic nitrogens is 8. The summed E-state index contributed by atoms with van der Waals surface area (Å²) in [5.74, 6) is 1.42. The van der Waals surface area contributed by atoms with Gasteiger partial charge in [0.15, 0.2) is 11.3 Å². The first-order chi connectivity index (χ1) is 53.6. The topological polar surface area (TPSA) is 154 Å². The van der Waals surface area contributed by atoms with Gasteiger partial charge in [-0.25, -0.2) is 19.3 Å². The van der Waals surface area contributed by atoms with E-state index in [-0.39, 0.29) is 43.5 Å². The maximum atomic E-state index is 11.8. The van der Waals surface area contributed by atoms with E-state index in [0.29, 0.717) is 33.2 Å². The molecule has 6 saturated carbocycles. The smallest absolute Gasteiger partial charge is 0.373 e. The molecule has 6 fully saturated rings. The van der Waals surface area contributed by atoms with E-state index in [9.17, 15) is 4.79 Å². The van der Waals surface area contributed by atoms with Gasteiger partial charge in [0.25, 0.3) is 0 Å². The summed E-state index contributed by atoms with van der Waals surface area (Å²) < 4.78 is 3.97. The molecule has 14 aromatic rings. The molecule has 0 aliphatic heterocycles. The van der Waals surface area contributed by atoms with Gasteiger partial charge in [0.05, 0.1) is 0 Å². The summed E-state index contributed by atoms with van der Waals surface area (Å²) in [6, 6.07) is 110. The molecule has 0 amide bonds. The van der Waals surface area contributed by atoms with E-state index in [0.717, 1.165) is 85.3 Å². The summed E-state index contributed by atoms with van der Waals surface area (Å²) in [6.07, 6.45) is 22.5. The molecule has 4 N–H and O–H groups in total. The molecule has 0 unspecified atom stereocenters. The second kappa shape index (κ2) is 33.7. The first kappa shape index (κ1) is 76.8.